The second-order valence-electron chi connectivity index (χ2n) is 4.37. The zero-order chi connectivity index (χ0) is 13.0. The van der Waals surface area contributed by atoms with Crippen LogP contribution in [-0.2, 0) is 6.42 Å². The van der Waals surface area contributed by atoms with Gasteiger partial charge in [0.2, 0.25) is 0 Å². The number of nitrogens with zero attached hydrogens (tertiary/aromatic N) is 2. The molecule has 1 aromatic carbocycles. The van der Waals surface area contributed by atoms with E-state index in [9.17, 15) is 0 Å². The first-order chi connectivity index (χ1) is 8.74. The number of nitrogens with one attached hydrogen (secondary N) is 1. The van der Waals surface area contributed by atoms with E-state index in [0.29, 0.717) is 0 Å². The smallest absolute Gasteiger partial charge is 0.131 e. The molecule has 0 amide bonds. The van der Waals surface area contributed by atoms with E-state index in [4.69, 9.17) is 0 Å². The fourth-order valence-corrected chi connectivity index (χ4v) is 1.96. The van der Waals surface area contributed by atoms with Gasteiger partial charge < -0.3 is 5.32 Å². The number of hydrogen-bond donors (Lipinski definition) is 1. The maximum atomic E-state index is 4.65. The van der Waals surface area contributed by atoms with E-state index in [0.717, 1.165) is 30.2 Å². The maximum Gasteiger partial charge on any atom is 0.131 e. The van der Waals surface area contributed by atoms with Gasteiger partial charge in [-0.25, -0.2) is 9.97 Å². The highest BCUT2D eigenvalue weighted by Gasteiger charge is 2.07. The quantitative estimate of drug-likeness (QED) is 0.891. The van der Waals surface area contributed by atoms with E-state index in [-0.39, 0.29) is 0 Å². The van der Waals surface area contributed by atoms with Gasteiger partial charge in [-0.1, -0.05) is 31.2 Å². The Morgan fingerprint density at radius 2 is 1.94 bits per heavy atom. The van der Waals surface area contributed by atoms with Gasteiger partial charge in [0.05, 0.1) is 5.69 Å². The summed E-state index contributed by atoms with van der Waals surface area (Å²) >= 11 is 0. The molecular weight excluding hydrogens is 222 g/mol. The molecule has 0 spiro atoms. The minimum absolute atomic E-state index is 0.881. The molecule has 1 heterocycles. The predicted octanol–water partition coefficient (Wildman–Crippen LogP) is 3.45. The molecule has 0 aliphatic carbocycles. The molecule has 0 aliphatic rings. The molecule has 94 valence electrons. The average molecular weight is 241 g/mol. The van der Waals surface area contributed by atoms with Gasteiger partial charge in [0.1, 0.15) is 11.6 Å². The van der Waals surface area contributed by atoms with Crippen LogP contribution >= 0.6 is 0 Å². The molecule has 18 heavy (non-hydrogen) atoms. The van der Waals surface area contributed by atoms with Gasteiger partial charge in [-0.3, -0.25) is 0 Å². The number of aromatic nitrogens is 2. The summed E-state index contributed by atoms with van der Waals surface area (Å²) in [4.78, 5) is 9.13. The van der Waals surface area contributed by atoms with Gasteiger partial charge in [-0.05, 0) is 18.9 Å². The molecule has 2 aromatic rings. The summed E-state index contributed by atoms with van der Waals surface area (Å²) in [5.41, 5.74) is 3.41. The Hall–Kier alpha value is -1.90. The average Bonchev–Trinajstić information content (AvgIpc) is 2.39. The second kappa shape index (κ2) is 5.63. The molecule has 1 N–H and O–H groups in total. The minimum Gasteiger partial charge on any atom is -0.373 e. The van der Waals surface area contributed by atoms with Crippen LogP contribution in [0.1, 0.15) is 24.7 Å². The number of hydrogen-bond acceptors (Lipinski definition) is 3. The van der Waals surface area contributed by atoms with Gasteiger partial charge >= 0.3 is 0 Å². The summed E-state index contributed by atoms with van der Waals surface area (Å²) < 4.78 is 0. The van der Waals surface area contributed by atoms with Crippen LogP contribution in [0.25, 0.3) is 11.3 Å². The first-order valence-corrected chi connectivity index (χ1v) is 6.36. The third-order valence-corrected chi connectivity index (χ3v) is 2.92. The summed E-state index contributed by atoms with van der Waals surface area (Å²) in [5.74, 6) is 1.79. The van der Waals surface area contributed by atoms with Crippen LogP contribution in [0.3, 0.4) is 0 Å². The molecule has 0 saturated carbocycles. The molecular formula is C15H19N3. The van der Waals surface area contributed by atoms with Crippen molar-refractivity contribution >= 4 is 5.82 Å². The van der Waals surface area contributed by atoms with Gasteiger partial charge in [0, 0.05) is 25.1 Å². The molecule has 1 aromatic heterocycles. The molecule has 0 aliphatic heterocycles. The number of anilines is 1. The Morgan fingerprint density at radius 1 is 1.17 bits per heavy atom. The molecule has 3 heteroatoms. The van der Waals surface area contributed by atoms with Gasteiger partial charge in [-0.15, -0.1) is 0 Å². The molecule has 0 unspecified atom stereocenters. The summed E-state index contributed by atoms with van der Waals surface area (Å²) in [5, 5.41) is 3.10. The Labute approximate surface area is 108 Å². The zero-order valence-electron chi connectivity index (χ0n) is 11.2. The monoisotopic (exact) mass is 241 g/mol. The first kappa shape index (κ1) is 12.6. The van der Waals surface area contributed by atoms with Crippen LogP contribution in [-0.4, -0.2) is 17.0 Å². The van der Waals surface area contributed by atoms with E-state index in [1.54, 1.807) is 0 Å². The minimum atomic E-state index is 0.881. The van der Waals surface area contributed by atoms with Crippen molar-refractivity contribution in [2.24, 2.45) is 0 Å². The lowest BCUT2D eigenvalue weighted by atomic mass is 10.1. The molecule has 0 saturated heterocycles. The van der Waals surface area contributed by atoms with E-state index >= 15 is 0 Å². The number of benzene rings is 1. The molecule has 0 radical (unpaired) electrons. The standard InChI is InChI=1S/C15H19N3/c1-4-7-14-17-13(10-15(16-3)18-14)12-9-6-5-8-11(12)2/h5-6,8-10H,4,7H2,1-3H3,(H,16,17,18). The van der Waals surface area contributed by atoms with Crippen molar-refractivity contribution in [3.8, 4) is 11.3 Å². The van der Waals surface area contributed by atoms with Crippen LogP contribution in [0, 0.1) is 6.92 Å². The lowest BCUT2D eigenvalue weighted by molar-refractivity contribution is 0.838. The van der Waals surface area contributed by atoms with E-state index < -0.39 is 0 Å². The van der Waals surface area contributed by atoms with Crippen molar-refractivity contribution in [2.45, 2.75) is 26.7 Å². The molecule has 2 rings (SSSR count). The molecule has 0 fully saturated rings. The van der Waals surface area contributed by atoms with Crippen molar-refractivity contribution in [2.75, 3.05) is 12.4 Å². The lowest BCUT2D eigenvalue weighted by Gasteiger charge is -2.09. The van der Waals surface area contributed by atoms with E-state index in [2.05, 4.69) is 41.3 Å². The maximum absolute atomic E-state index is 4.65. The molecule has 0 atom stereocenters. The van der Waals surface area contributed by atoms with E-state index in [1.165, 1.54) is 11.1 Å². The van der Waals surface area contributed by atoms with Crippen molar-refractivity contribution in [3.63, 3.8) is 0 Å². The van der Waals surface area contributed by atoms with Crippen molar-refractivity contribution in [1.82, 2.24) is 9.97 Å². The van der Waals surface area contributed by atoms with Gasteiger partial charge in [-0.2, -0.15) is 0 Å². The Kier molecular flexibility index (Phi) is 3.92. The normalized spacial score (nSPS) is 10.4. The van der Waals surface area contributed by atoms with Crippen LogP contribution < -0.4 is 5.32 Å². The van der Waals surface area contributed by atoms with Crippen LogP contribution in [0.4, 0.5) is 5.82 Å². The van der Waals surface area contributed by atoms with Crippen molar-refractivity contribution < 1.29 is 0 Å². The SMILES string of the molecule is CCCc1nc(NC)cc(-c2ccccc2C)n1. The Bertz CT molecular complexity index is 535. The summed E-state index contributed by atoms with van der Waals surface area (Å²) in [7, 11) is 1.89. The summed E-state index contributed by atoms with van der Waals surface area (Å²) in [6.07, 6.45) is 1.97. The third kappa shape index (κ3) is 2.67. The fraction of sp³-hybridized carbons (Fsp3) is 0.333. The molecule has 0 bridgehead atoms. The fourth-order valence-electron chi connectivity index (χ4n) is 1.96. The van der Waals surface area contributed by atoms with Crippen LogP contribution in [0.15, 0.2) is 30.3 Å². The zero-order valence-corrected chi connectivity index (χ0v) is 11.2. The highest BCUT2D eigenvalue weighted by molar-refractivity contribution is 5.65. The predicted molar refractivity (Wildman–Crippen MR) is 75.7 cm³/mol. The summed E-state index contributed by atoms with van der Waals surface area (Å²) in [6, 6.07) is 10.3. The summed E-state index contributed by atoms with van der Waals surface area (Å²) in [6.45, 7) is 4.25. The van der Waals surface area contributed by atoms with Gasteiger partial charge in [0.15, 0.2) is 0 Å². The van der Waals surface area contributed by atoms with Crippen LogP contribution in [0.2, 0.25) is 0 Å². The second-order valence-corrected chi connectivity index (χ2v) is 4.37. The lowest BCUT2D eigenvalue weighted by Crippen LogP contribution is -2.02. The molecule has 3 nitrogen and oxygen atoms in total. The van der Waals surface area contributed by atoms with E-state index in [1.807, 2.05) is 25.2 Å². The van der Waals surface area contributed by atoms with Crippen molar-refractivity contribution in [1.29, 1.82) is 0 Å². The highest BCUT2D eigenvalue weighted by atomic mass is 15.0. The third-order valence-electron chi connectivity index (χ3n) is 2.92. The highest BCUT2D eigenvalue weighted by Crippen LogP contribution is 2.23. The number of aryl methyl sites for hydroxylation is 2. The Balaban J connectivity index is 2.50. The topological polar surface area (TPSA) is 37.8 Å². The van der Waals surface area contributed by atoms with Gasteiger partial charge in [0.25, 0.3) is 0 Å². The largest absolute Gasteiger partial charge is 0.373 e. The first-order valence-electron chi connectivity index (χ1n) is 6.36. The Morgan fingerprint density at radius 3 is 2.61 bits per heavy atom. The van der Waals surface area contributed by atoms with Crippen LogP contribution in [0.5, 0.6) is 0 Å². The van der Waals surface area contributed by atoms with Crippen molar-refractivity contribution in [3.05, 3.63) is 41.7 Å². The number of rotatable bonds is 4.